The van der Waals surface area contributed by atoms with Crippen LogP contribution in [0.1, 0.15) is 27.2 Å². The van der Waals surface area contributed by atoms with Gasteiger partial charge in [-0.15, -0.1) is 0 Å². The number of rotatable bonds is 5. The maximum absolute atomic E-state index is 12.4. The molecule has 0 fully saturated rings. The van der Waals surface area contributed by atoms with E-state index in [1.165, 1.54) is 12.1 Å². The highest BCUT2D eigenvalue weighted by atomic mass is 16.6. The summed E-state index contributed by atoms with van der Waals surface area (Å²) in [6, 6.07) is 11.8. The summed E-state index contributed by atoms with van der Waals surface area (Å²) >= 11 is 0. The molecule has 3 rings (SSSR count). The highest BCUT2D eigenvalue weighted by Gasteiger charge is 2.18. The largest absolute Gasteiger partial charge is 0.452 e. The molecule has 2 aromatic carbocycles. The van der Waals surface area contributed by atoms with Crippen molar-refractivity contribution in [2.45, 2.75) is 20.8 Å². The molecule has 0 saturated carbocycles. The zero-order chi connectivity index (χ0) is 21.1. The number of carbonyl (C=O) groups is 2. The van der Waals surface area contributed by atoms with Crippen LogP contribution in [0.4, 0.5) is 11.4 Å². The summed E-state index contributed by atoms with van der Waals surface area (Å²) in [6.45, 7) is 4.76. The number of anilines is 1. The molecule has 1 N–H and O–H groups in total. The molecule has 29 heavy (non-hydrogen) atoms. The van der Waals surface area contributed by atoms with Gasteiger partial charge in [0.15, 0.2) is 6.61 Å². The monoisotopic (exact) mass is 393 g/mol. The molecule has 1 heterocycles. The second-order valence-corrected chi connectivity index (χ2v) is 6.72. The van der Waals surface area contributed by atoms with Gasteiger partial charge in [-0.25, -0.2) is 4.79 Å². The summed E-state index contributed by atoms with van der Waals surface area (Å²) in [7, 11) is 0. The van der Waals surface area contributed by atoms with Crippen LogP contribution in [0.2, 0.25) is 0 Å². The van der Waals surface area contributed by atoms with Crippen LogP contribution in [0.3, 0.4) is 0 Å². The van der Waals surface area contributed by atoms with Crippen LogP contribution in [0.5, 0.6) is 0 Å². The van der Waals surface area contributed by atoms with E-state index in [9.17, 15) is 19.7 Å². The number of aromatic nitrogens is 1. The summed E-state index contributed by atoms with van der Waals surface area (Å²) in [5, 5.41) is 14.3. The first-order chi connectivity index (χ1) is 13.7. The van der Waals surface area contributed by atoms with Gasteiger partial charge in [0.25, 0.3) is 11.6 Å². The minimum Gasteiger partial charge on any atom is -0.452 e. The van der Waals surface area contributed by atoms with E-state index < -0.39 is 23.4 Å². The number of hydrogen-bond donors (Lipinski definition) is 1. The van der Waals surface area contributed by atoms with Crippen molar-refractivity contribution in [1.29, 1.82) is 0 Å². The third-order valence-electron chi connectivity index (χ3n) is 4.34. The second-order valence-electron chi connectivity index (χ2n) is 6.72. The SMILES string of the molecule is Cc1ccc(NC(=O)COC(=O)c2cc3cc(C)ccc3nc2C)c([N+](=O)[O-])c1. The zero-order valence-electron chi connectivity index (χ0n) is 16.2. The maximum atomic E-state index is 12.4. The van der Waals surface area contributed by atoms with Crippen molar-refractivity contribution in [3.63, 3.8) is 0 Å². The van der Waals surface area contributed by atoms with Gasteiger partial charge in [-0.2, -0.15) is 0 Å². The average molecular weight is 393 g/mol. The Labute approximate surface area is 166 Å². The first kappa shape index (κ1) is 19.9. The topological polar surface area (TPSA) is 111 Å². The summed E-state index contributed by atoms with van der Waals surface area (Å²) in [6.07, 6.45) is 0. The number of carbonyl (C=O) groups excluding carboxylic acids is 2. The third kappa shape index (κ3) is 4.55. The average Bonchev–Trinajstić information content (AvgIpc) is 2.67. The van der Waals surface area contributed by atoms with Crippen LogP contribution in [-0.2, 0) is 9.53 Å². The molecule has 8 heteroatoms. The van der Waals surface area contributed by atoms with E-state index in [-0.39, 0.29) is 16.9 Å². The van der Waals surface area contributed by atoms with Crippen molar-refractivity contribution in [3.05, 3.63) is 75.0 Å². The first-order valence-corrected chi connectivity index (χ1v) is 8.84. The number of nitrogens with one attached hydrogen (secondary N) is 1. The fraction of sp³-hybridized carbons (Fsp3) is 0.190. The molecule has 8 nitrogen and oxygen atoms in total. The Balaban J connectivity index is 1.71. The van der Waals surface area contributed by atoms with E-state index in [0.717, 1.165) is 16.5 Å². The van der Waals surface area contributed by atoms with E-state index in [2.05, 4.69) is 10.3 Å². The minimum absolute atomic E-state index is 0.0423. The van der Waals surface area contributed by atoms with Crippen LogP contribution < -0.4 is 5.32 Å². The van der Waals surface area contributed by atoms with Gasteiger partial charge in [0.1, 0.15) is 5.69 Å². The van der Waals surface area contributed by atoms with Gasteiger partial charge >= 0.3 is 5.97 Å². The Bertz CT molecular complexity index is 1140. The number of benzene rings is 2. The van der Waals surface area contributed by atoms with Gasteiger partial charge in [0, 0.05) is 11.5 Å². The molecule has 0 saturated heterocycles. The molecule has 0 bridgehead atoms. The quantitative estimate of drug-likeness (QED) is 0.400. The molecule has 0 aliphatic rings. The predicted octanol–water partition coefficient (Wildman–Crippen LogP) is 3.86. The number of hydrogen-bond acceptors (Lipinski definition) is 6. The Morgan fingerprint density at radius 1 is 1.07 bits per heavy atom. The van der Waals surface area contributed by atoms with E-state index in [0.29, 0.717) is 11.3 Å². The molecular weight excluding hydrogens is 374 g/mol. The lowest BCUT2D eigenvalue weighted by Crippen LogP contribution is -2.22. The van der Waals surface area contributed by atoms with Crippen molar-refractivity contribution in [2.75, 3.05) is 11.9 Å². The number of ether oxygens (including phenoxy) is 1. The Morgan fingerprint density at radius 3 is 2.48 bits per heavy atom. The van der Waals surface area contributed by atoms with E-state index in [1.54, 1.807) is 26.0 Å². The molecule has 0 aliphatic carbocycles. The fourth-order valence-electron chi connectivity index (χ4n) is 2.89. The Hall–Kier alpha value is -3.81. The maximum Gasteiger partial charge on any atom is 0.340 e. The normalized spacial score (nSPS) is 10.6. The van der Waals surface area contributed by atoms with Crippen molar-refractivity contribution < 1.29 is 19.2 Å². The number of amides is 1. The number of aryl methyl sites for hydroxylation is 3. The molecule has 0 radical (unpaired) electrons. The van der Waals surface area contributed by atoms with E-state index in [1.807, 2.05) is 25.1 Å². The van der Waals surface area contributed by atoms with Crippen LogP contribution in [0, 0.1) is 30.9 Å². The molecule has 0 spiro atoms. The lowest BCUT2D eigenvalue weighted by molar-refractivity contribution is -0.384. The summed E-state index contributed by atoms with van der Waals surface area (Å²) in [5.74, 6) is -1.36. The molecule has 1 aromatic heterocycles. The van der Waals surface area contributed by atoms with Gasteiger partial charge in [0.2, 0.25) is 0 Å². The summed E-state index contributed by atoms with van der Waals surface area (Å²) < 4.78 is 5.09. The van der Waals surface area contributed by atoms with E-state index in [4.69, 9.17) is 4.74 Å². The Morgan fingerprint density at radius 2 is 1.76 bits per heavy atom. The van der Waals surface area contributed by atoms with Gasteiger partial charge in [-0.05, 0) is 50.6 Å². The molecular formula is C21H19N3O5. The van der Waals surface area contributed by atoms with Crippen LogP contribution in [0.25, 0.3) is 10.9 Å². The zero-order valence-corrected chi connectivity index (χ0v) is 16.2. The van der Waals surface area contributed by atoms with Crippen molar-refractivity contribution in [1.82, 2.24) is 4.98 Å². The third-order valence-corrected chi connectivity index (χ3v) is 4.34. The number of pyridine rings is 1. The number of fused-ring (bicyclic) bond motifs is 1. The molecule has 1 amide bonds. The number of nitro groups is 1. The predicted molar refractivity (Wildman–Crippen MR) is 108 cm³/mol. The van der Waals surface area contributed by atoms with Gasteiger partial charge in [-0.1, -0.05) is 17.7 Å². The van der Waals surface area contributed by atoms with Gasteiger partial charge < -0.3 is 10.1 Å². The number of esters is 1. The standard InChI is InChI=1S/C21H19N3O5/c1-12-4-6-17-15(8-12)10-16(14(3)22-17)21(26)29-11-20(25)23-18-7-5-13(2)9-19(18)24(27)28/h4-10H,11H2,1-3H3,(H,23,25). The minimum atomic E-state index is -0.688. The molecule has 0 unspecified atom stereocenters. The van der Waals surface area contributed by atoms with Crippen LogP contribution in [-0.4, -0.2) is 28.4 Å². The first-order valence-electron chi connectivity index (χ1n) is 8.84. The van der Waals surface area contributed by atoms with E-state index >= 15 is 0 Å². The van der Waals surface area contributed by atoms with Crippen molar-refractivity contribution in [3.8, 4) is 0 Å². The summed E-state index contributed by atoms with van der Waals surface area (Å²) in [4.78, 5) is 39.5. The molecule has 0 atom stereocenters. The Kier molecular flexibility index (Phi) is 5.54. The van der Waals surface area contributed by atoms with Gasteiger partial charge in [-0.3, -0.25) is 19.9 Å². The highest BCUT2D eigenvalue weighted by Crippen LogP contribution is 2.25. The highest BCUT2D eigenvalue weighted by molar-refractivity contribution is 5.98. The van der Waals surface area contributed by atoms with Crippen molar-refractivity contribution in [2.24, 2.45) is 0 Å². The second kappa shape index (κ2) is 8.05. The molecule has 148 valence electrons. The number of nitrogens with zero attached hydrogens (tertiary/aromatic N) is 2. The fourth-order valence-corrected chi connectivity index (χ4v) is 2.89. The smallest absolute Gasteiger partial charge is 0.340 e. The van der Waals surface area contributed by atoms with Crippen molar-refractivity contribution >= 4 is 34.2 Å². The lowest BCUT2D eigenvalue weighted by atomic mass is 10.1. The molecule has 0 aliphatic heterocycles. The lowest BCUT2D eigenvalue weighted by Gasteiger charge is -2.10. The van der Waals surface area contributed by atoms with Crippen LogP contribution in [0.15, 0.2) is 42.5 Å². The van der Waals surface area contributed by atoms with Crippen LogP contribution >= 0.6 is 0 Å². The molecule has 3 aromatic rings. The number of nitro benzene ring substituents is 1. The van der Waals surface area contributed by atoms with Gasteiger partial charge in [0.05, 0.1) is 21.7 Å². The summed E-state index contributed by atoms with van der Waals surface area (Å²) in [5.41, 5.74) is 3.04.